The Morgan fingerprint density at radius 1 is 1.03 bits per heavy atom. The summed E-state index contributed by atoms with van der Waals surface area (Å²) in [4.78, 5) is 30.3. The molecular weight excluding hydrogens is 460 g/mol. The minimum absolute atomic E-state index is 0.0373. The molecule has 5 heteroatoms. The van der Waals surface area contributed by atoms with Crippen LogP contribution in [0.25, 0.3) is 0 Å². The van der Waals surface area contributed by atoms with Crippen LogP contribution in [0.2, 0.25) is 0 Å². The second-order valence-corrected chi connectivity index (χ2v) is 10.4. The van der Waals surface area contributed by atoms with Crippen LogP contribution in [0.1, 0.15) is 60.0 Å². The third-order valence-electron chi connectivity index (χ3n) is 7.51. The van der Waals surface area contributed by atoms with Gasteiger partial charge in [0.2, 0.25) is 5.91 Å². The molecule has 1 aliphatic heterocycles. The van der Waals surface area contributed by atoms with Crippen molar-refractivity contribution in [3.8, 4) is 5.75 Å². The number of hydrogen-bond donors (Lipinski definition) is 0. The first-order valence-electron chi connectivity index (χ1n) is 13.4. The average Bonchev–Trinajstić information content (AvgIpc) is 3.77. The van der Waals surface area contributed by atoms with Gasteiger partial charge < -0.3 is 14.5 Å². The highest BCUT2D eigenvalue weighted by Gasteiger charge is 2.39. The van der Waals surface area contributed by atoms with E-state index in [-0.39, 0.29) is 23.8 Å². The van der Waals surface area contributed by atoms with E-state index in [1.807, 2.05) is 50.4 Å². The summed E-state index contributed by atoms with van der Waals surface area (Å²) in [5.74, 6) is 1.05. The van der Waals surface area contributed by atoms with Crippen molar-refractivity contribution in [3.63, 3.8) is 0 Å². The van der Waals surface area contributed by atoms with Crippen LogP contribution in [0.3, 0.4) is 0 Å². The van der Waals surface area contributed by atoms with Crippen LogP contribution in [0.5, 0.6) is 5.75 Å². The van der Waals surface area contributed by atoms with Crippen molar-refractivity contribution >= 4 is 11.8 Å². The van der Waals surface area contributed by atoms with Crippen molar-refractivity contribution in [2.75, 3.05) is 13.6 Å². The molecule has 2 amide bonds. The van der Waals surface area contributed by atoms with Gasteiger partial charge in [-0.2, -0.15) is 0 Å². The summed E-state index contributed by atoms with van der Waals surface area (Å²) in [6, 6.07) is 24.5. The van der Waals surface area contributed by atoms with Crippen LogP contribution in [0, 0.1) is 12.8 Å². The summed E-state index contributed by atoms with van der Waals surface area (Å²) < 4.78 is 6.31. The molecule has 3 aromatic carbocycles. The number of rotatable bonds is 8. The zero-order valence-electron chi connectivity index (χ0n) is 22.0. The Balaban J connectivity index is 1.40. The molecule has 3 aromatic rings. The fourth-order valence-electron chi connectivity index (χ4n) is 5.23. The monoisotopic (exact) mass is 496 g/mol. The van der Waals surface area contributed by atoms with Crippen LogP contribution in [-0.4, -0.2) is 41.3 Å². The van der Waals surface area contributed by atoms with Gasteiger partial charge in [0, 0.05) is 26.1 Å². The number of ether oxygens (including phenoxy) is 1. The highest BCUT2D eigenvalue weighted by atomic mass is 16.5. The highest BCUT2D eigenvalue weighted by Crippen LogP contribution is 2.41. The Bertz CT molecular complexity index is 1250. The molecule has 2 aliphatic rings. The zero-order valence-corrected chi connectivity index (χ0v) is 22.0. The average molecular weight is 497 g/mol. The fourth-order valence-corrected chi connectivity index (χ4v) is 5.23. The number of fused-ring (bicyclic) bond motifs is 1. The lowest BCUT2D eigenvalue weighted by Crippen LogP contribution is -2.41. The maximum absolute atomic E-state index is 13.3. The van der Waals surface area contributed by atoms with Crippen LogP contribution in [-0.2, 0) is 22.6 Å². The van der Waals surface area contributed by atoms with Gasteiger partial charge in [0.25, 0.3) is 5.91 Å². The van der Waals surface area contributed by atoms with Gasteiger partial charge in [-0.05, 0) is 67.0 Å². The first kappa shape index (κ1) is 25.1. The van der Waals surface area contributed by atoms with E-state index < -0.39 is 6.10 Å². The van der Waals surface area contributed by atoms with Crippen molar-refractivity contribution < 1.29 is 14.3 Å². The number of carbonyl (C=O) groups excluding carboxylic acids is 2. The maximum Gasteiger partial charge on any atom is 0.263 e. The molecule has 0 saturated heterocycles. The molecule has 0 N–H and O–H groups in total. The van der Waals surface area contributed by atoms with Crippen LogP contribution in [0.4, 0.5) is 0 Å². The van der Waals surface area contributed by atoms with Crippen molar-refractivity contribution in [2.24, 2.45) is 5.92 Å². The molecule has 2 atom stereocenters. The predicted molar refractivity (Wildman–Crippen MR) is 145 cm³/mol. The van der Waals surface area contributed by atoms with Gasteiger partial charge in [0.05, 0.1) is 6.04 Å². The number of carbonyl (C=O) groups is 2. The van der Waals surface area contributed by atoms with Gasteiger partial charge in [-0.15, -0.1) is 0 Å². The quantitative estimate of drug-likeness (QED) is 0.402. The second-order valence-electron chi connectivity index (χ2n) is 10.4. The van der Waals surface area contributed by atoms with E-state index in [9.17, 15) is 9.59 Å². The van der Waals surface area contributed by atoms with Crippen LogP contribution >= 0.6 is 0 Å². The van der Waals surface area contributed by atoms with E-state index in [1.165, 1.54) is 11.1 Å². The largest absolute Gasteiger partial charge is 0.481 e. The van der Waals surface area contributed by atoms with Crippen LogP contribution < -0.4 is 4.74 Å². The molecule has 37 heavy (non-hydrogen) atoms. The van der Waals surface area contributed by atoms with Crippen molar-refractivity contribution in [2.45, 2.75) is 58.2 Å². The summed E-state index contributed by atoms with van der Waals surface area (Å²) in [6.45, 7) is 5.32. The molecule has 5 nitrogen and oxygen atoms in total. The van der Waals surface area contributed by atoms with Gasteiger partial charge in [0.15, 0.2) is 6.10 Å². The van der Waals surface area contributed by atoms with E-state index in [2.05, 4.69) is 48.2 Å². The van der Waals surface area contributed by atoms with Crippen LogP contribution in [0.15, 0.2) is 72.8 Å². The Morgan fingerprint density at radius 3 is 2.43 bits per heavy atom. The number of benzene rings is 3. The highest BCUT2D eigenvalue weighted by molar-refractivity contribution is 5.82. The van der Waals surface area contributed by atoms with Crippen molar-refractivity contribution in [1.29, 1.82) is 0 Å². The second kappa shape index (κ2) is 10.8. The maximum atomic E-state index is 13.3. The first-order chi connectivity index (χ1) is 17.9. The molecule has 0 spiro atoms. The summed E-state index contributed by atoms with van der Waals surface area (Å²) in [5, 5.41) is 0. The Labute approximate surface area is 220 Å². The number of aryl methyl sites for hydroxylation is 1. The lowest BCUT2D eigenvalue weighted by Gasteiger charge is -2.38. The molecule has 192 valence electrons. The Kier molecular flexibility index (Phi) is 7.31. The number of nitrogens with zero attached hydrogens (tertiary/aromatic N) is 2. The number of likely N-dealkylation sites (N-methyl/N-ethyl adjacent to an activating group) is 1. The summed E-state index contributed by atoms with van der Waals surface area (Å²) in [6.07, 6.45) is 2.80. The Hall–Kier alpha value is -3.60. The van der Waals surface area contributed by atoms with Gasteiger partial charge in [0.1, 0.15) is 5.75 Å². The number of hydrogen-bond acceptors (Lipinski definition) is 3. The third kappa shape index (κ3) is 5.56. The normalized spacial score (nSPS) is 17.6. The Morgan fingerprint density at radius 2 is 1.76 bits per heavy atom. The van der Waals surface area contributed by atoms with Crippen molar-refractivity contribution in [3.05, 3.63) is 101 Å². The minimum Gasteiger partial charge on any atom is -0.481 e. The predicted octanol–water partition coefficient (Wildman–Crippen LogP) is 5.70. The van der Waals surface area contributed by atoms with Gasteiger partial charge in [-0.25, -0.2) is 0 Å². The van der Waals surface area contributed by atoms with E-state index in [1.54, 1.807) is 4.90 Å². The lowest BCUT2D eigenvalue weighted by molar-refractivity contribution is -0.138. The molecular formula is C32H36N2O3. The van der Waals surface area contributed by atoms with Gasteiger partial charge >= 0.3 is 0 Å². The molecule has 1 heterocycles. The topological polar surface area (TPSA) is 49.9 Å². The molecule has 5 rings (SSSR count). The van der Waals surface area contributed by atoms with Crippen molar-refractivity contribution in [1.82, 2.24) is 9.80 Å². The molecule has 1 fully saturated rings. The van der Waals surface area contributed by atoms with E-state index >= 15 is 0 Å². The SMILES string of the molecule is CC[C@H](Oc1ccc2c(c1)[C@@H](c1ccc(C)cc1)N(C(=O)C1CC1)CC2)C(=O)N(C)Cc1ccccc1. The van der Waals surface area contributed by atoms with E-state index in [4.69, 9.17) is 4.74 Å². The zero-order chi connectivity index (χ0) is 25.9. The number of amides is 2. The first-order valence-corrected chi connectivity index (χ1v) is 13.4. The molecule has 0 aromatic heterocycles. The lowest BCUT2D eigenvalue weighted by atomic mass is 9.87. The van der Waals surface area contributed by atoms with E-state index in [0.29, 0.717) is 18.7 Å². The summed E-state index contributed by atoms with van der Waals surface area (Å²) in [7, 11) is 1.82. The third-order valence-corrected chi connectivity index (χ3v) is 7.51. The van der Waals surface area contributed by atoms with Gasteiger partial charge in [-0.1, -0.05) is 73.2 Å². The summed E-state index contributed by atoms with van der Waals surface area (Å²) in [5.41, 5.74) is 5.73. The summed E-state index contributed by atoms with van der Waals surface area (Å²) >= 11 is 0. The molecule has 0 radical (unpaired) electrons. The molecule has 0 unspecified atom stereocenters. The fraction of sp³-hybridized carbons (Fsp3) is 0.375. The minimum atomic E-state index is -0.572. The smallest absolute Gasteiger partial charge is 0.263 e. The van der Waals surface area contributed by atoms with Gasteiger partial charge in [-0.3, -0.25) is 9.59 Å². The molecule has 0 bridgehead atoms. The molecule has 1 aliphatic carbocycles. The molecule has 1 saturated carbocycles. The standard InChI is InChI=1S/C32H36N2O3/c1-4-29(32(36)33(3)21-23-8-6-5-7-9-23)37-27-17-16-24-18-19-34(31(35)26-14-15-26)30(28(24)20-27)25-12-10-22(2)11-13-25/h5-13,16-17,20,26,29-30H,4,14-15,18-19,21H2,1-3H3/t29-,30+/m0/s1. The van der Waals surface area contributed by atoms with E-state index in [0.717, 1.165) is 42.5 Å².